The van der Waals surface area contributed by atoms with Crippen LogP contribution in [-0.2, 0) is 21.3 Å². The Kier molecular flexibility index (Phi) is 5.15. The van der Waals surface area contributed by atoms with Crippen LogP contribution in [0.4, 0.5) is 0 Å². The molecule has 2 fully saturated rings. The lowest BCUT2D eigenvalue weighted by Gasteiger charge is -2.36. The summed E-state index contributed by atoms with van der Waals surface area (Å²) in [6.07, 6.45) is 7.02. The van der Waals surface area contributed by atoms with E-state index in [1.807, 2.05) is 12.4 Å². The molecule has 2 saturated heterocycles. The highest BCUT2D eigenvalue weighted by Gasteiger charge is 2.36. The van der Waals surface area contributed by atoms with Gasteiger partial charge in [-0.05, 0) is 19.4 Å². The zero-order valence-electron chi connectivity index (χ0n) is 13.3. The van der Waals surface area contributed by atoms with Crippen molar-refractivity contribution in [2.75, 3.05) is 39.4 Å². The van der Waals surface area contributed by atoms with E-state index in [0.29, 0.717) is 32.8 Å². The van der Waals surface area contributed by atoms with Gasteiger partial charge in [0, 0.05) is 44.1 Å². The van der Waals surface area contributed by atoms with Crippen LogP contribution in [0.5, 0.6) is 0 Å². The van der Waals surface area contributed by atoms with Crippen LogP contribution in [0.25, 0.3) is 6.20 Å². The number of morpholine rings is 1. The number of aromatic nitrogens is 2. The minimum atomic E-state index is -3.24. The molecule has 1 atom stereocenters. The first-order chi connectivity index (χ1) is 11.1. The van der Waals surface area contributed by atoms with Crippen LogP contribution in [0.3, 0.4) is 0 Å². The maximum atomic E-state index is 12.8. The predicted octanol–water partition coefficient (Wildman–Crippen LogP) is 0.610. The molecule has 3 heterocycles. The van der Waals surface area contributed by atoms with Crippen LogP contribution < -0.4 is 0 Å². The molecule has 8 heteroatoms. The van der Waals surface area contributed by atoms with Crippen molar-refractivity contribution in [2.24, 2.45) is 0 Å². The van der Waals surface area contributed by atoms with Gasteiger partial charge in [-0.15, -0.1) is 0 Å². The van der Waals surface area contributed by atoms with Gasteiger partial charge in [0.05, 0.1) is 24.7 Å². The molecule has 0 bridgehead atoms. The Labute approximate surface area is 137 Å². The Bertz CT molecular complexity index is 637. The minimum Gasteiger partial charge on any atom is -0.379 e. The van der Waals surface area contributed by atoms with Gasteiger partial charge >= 0.3 is 0 Å². The molecule has 0 N–H and O–H groups in total. The van der Waals surface area contributed by atoms with E-state index in [9.17, 15) is 8.42 Å². The molecule has 1 unspecified atom stereocenters. The monoisotopic (exact) mass is 340 g/mol. The Morgan fingerprint density at radius 3 is 2.83 bits per heavy atom. The number of ether oxygens (including phenoxy) is 1. The van der Waals surface area contributed by atoms with Crippen molar-refractivity contribution in [3.05, 3.63) is 24.5 Å². The minimum absolute atomic E-state index is 0.316. The maximum absolute atomic E-state index is 12.8. The van der Waals surface area contributed by atoms with Gasteiger partial charge in [0.15, 0.2) is 0 Å². The summed E-state index contributed by atoms with van der Waals surface area (Å²) in [5, 5.41) is 3.86. The number of nitrogens with zero attached hydrogens (tertiary/aromatic N) is 4. The molecular weight excluding hydrogens is 316 g/mol. The summed E-state index contributed by atoms with van der Waals surface area (Å²) in [6, 6.07) is 0. The summed E-state index contributed by atoms with van der Waals surface area (Å²) in [5.41, 5.74) is 1.08. The first-order valence-corrected chi connectivity index (χ1v) is 9.54. The lowest BCUT2D eigenvalue weighted by Crippen LogP contribution is -2.50. The van der Waals surface area contributed by atoms with E-state index >= 15 is 0 Å². The number of piperidine rings is 1. The molecule has 0 saturated carbocycles. The summed E-state index contributed by atoms with van der Waals surface area (Å²) in [6.45, 7) is 7.86. The second-order valence-electron chi connectivity index (χ2n) is 6.07. The van der Waals surface area contributed by atoms with Crippen LogP contribution in [0, 0.1) is 0 Å². The highest BCUT2D eigenvalue weighted by atomic mass is 32.2. The Balaban J connectivity index is 1.64. The molecule has 0 aromatic carbocycles. The van der Waals surface area contributed by atoms with Crippen molar-refractivity contribution in [2.45, 2.75) is 24.6 Å². The van der Waals surface area contributed by atoms with E-state index in [-0.39, 0.29) is 5.25 Å². The molecule has 0 amide bonds. The number of hydrogen-bond acceptors (Lipinski definition) is 5. The second-order valence-corrected chi connectivity index (χ2v) is 8.28. The van der Waals surface area contributed by atoms with Gasteiger partial charge in [0.2, 0.25) is 10.0 Å². The quantitative estimate of drug-likeness (QED) is 0.786. The largest absolute Gasteiger partial charge is 0.379 e. The number of likely N-dealkylation sites (tertiary alicyclic amines) is 1. The number of rotatable bonds is 5. The second kappa shape index (κ2) is 7.12. The Morgan fingerprint density at radius 1 is 1.35 bits per heavy atom. The third-order valence-corrected chi connectivity index (χ3v) is 6.77. The lowest BCUT2D eigenvalue weighted by molar-refractivity contribution is 0.0719. The van der Waals surface area contributed by atoms with Gasteiger partial charge in [-0.2, -0.15) is 9.40 Å². The molecule has 2 aliphatic heterocycles. The Hall–Kier alpha value is -1.22. The molecule has 7 nitrogen and oxygen atoms in total. The first-order valence-electron chi connectivity index (χ1n) is 8.04. The SMILES string of the molecule is C=Cn1cc(CN2CCCC(S(=O)(=O)N3CCOCC3)C2)cn1. The molecule has 2 aliphatic rings. The van der Waals surface area contributed by atoms with Crippen molar-refractivity contribution in [1.82, 2.24) is 19.0 Å². The van der Waals surface area contributed by atoms with Gasteiger partial charge in [-0.25, -0.2) is 13.1 Å². The van der Waals surface area contributed by atoms with Crippen molar-refractivity contribution >= 4 is 16.2 Å². The topological polar surface area (TPSA) is 67.7 Å². The van der Waals surface area contributed by atoms with Crippen LogP contribution in [0.1, 0.15) is 18.4 Å². The summed E-state index contributed by atoms with van der Waals surface area (Å²) < 4.78 is 34.1. The molecule has 128 valence electrons. The van der Waals surface area contributed by atoms with Crippen LogP contribution in [0.2, 0.25) is 0 Å². The lowest BCUT2D eigenvalue weighted by atomic mass is 10.1. The van der Waals surface area contributed by atoms with Gasteiger partial charge in [-0.3, -0.25) is 4.90 Å². The number of sulfonamides is 1. The van der Waals surface area contributed by atoms with E-state index in [4.69, 9.17) is 4.74 Å². The maximum Gasteiger partial charge on any atom is 0.218 e. The zero-order valence-corrected chi connectivity index (χ0v) is 14.1. The summed E-state index contributed by atoms with van der Waals surface area (Å²) in [4.78, 5) is 2.20. The molecule has 0 aliphatic carbocycles. The molecule has 1 aromatic heterocycles. The molecule has 23 heavy (non-hydrogen) atoms. The van der Waals surface area contributed by atoms with Crippen molar-refractivity contribution in [3.8, 4) is 0 Å². The first kappa shape index (κ1) is 16.6. The highest BCUT2D eigenvalue weighted by molar-refractivity contribution is 7.89. The van der Waals surface area contributed by atoms with E-state index in [2.05, 4.69) is 16.6 Å². The van der Waals surface area contributed by atoms with Gasteiger partial charge in [0.1, 0.15) is 0 Å². The van der Waals surface area contributed by atoms with Crippen LogP contribution >= 0.6 is 0 Å². The third-order valence-electron chi connectivity index (χ3n) is 4.46. The van der Waals surface area contributed by atoms with Crippen LogP contribution in [0.15, 0.2) is 19.0 Å². The molecular formula is C15H24N4O3S. The van der Waals surface area contributed by atoms with Crippen molar-refractivity contribution < 1.29 is 13.2 Å². The number of hydrogen-bond donors (Lipinski definition) is 0. The van der Waals surface area contributed by atoms with Crippen molar-refractivity contribution in [1.29, 1.82) is 0 Å². The summed E-state index contributed by atoms with van der Waals surface area (Å²) in [5.74, 6) is 0. The van der Waals surface area contributed by atoms with Crippen molar-refractivity contribution in [3.63, 3.8) is 0 Å². The zero-order chi connectivity index (χ0) is 16.3. The summed E-state index contributed by atoms with van der Waals surface area (Å²) >= 11 is 0. The van der Waals surface area contributed by atoms with E-state index in [0.717, 1.165) is 31.5 Å². The molecule has 1 aromatic rings. The Morgan fingerprint density at radius 2 is 2.13 bits per heavy atom. The fourth-order valence-corrected chi connectivity index (χ4v) is 5.17. The third kappa shape index (κ3) is 3.82. The molecule has 0 radical (unpaired) electrons. The average Bonchev–Trinajstić information content (AvgIpc) is 3.03. The normalized spacial score (nSPS) is 24.6. The fourth-order valence-electron chi connectivity index (χ4n) is 3.23. The van der Waals surface area contributed by atoms with E-state index in [1.54, 1.807) is 15.2 Å². The molecule has 3 rings (SSSR count). The highest BCUT2D eigenvalue weighted by Crippen LogP contribution is 2.22. The standard InChI is InChI=1S/C15H24N4O3S/c1-2-18-12-14(10-16-18)11-17-5-3-4-15(13-17)23(20,21)19-6-8-22-9-7-19/h2,10,12,15H,1,3-9,11,13H2. The van der Waals surface area contributed by atoms with E-state index < -0.39 is 10.0 Å². The molecule has 0 spiro atoms. The van der Waals surface area contributed by atoms with E-state index in [1.165, 1.54) is 0 Å². The predicted molar refractivity (Wildman–Crippen MR) is 88.2 cm³/mol. The van der Waals surface area contributed by atoms with Crippen LogP contribution in [-0.4, -0.2) is 72.0 Å². The van der Waals surface area contributed by atoms with Gasteiger partial charge < -0.3 is 4.74 Å². The summed E-state index contributed by atoms with van der Waals surface area (Å²) in [7, 11) is -3.24. The van der Waals surface area contributed by atoms with Gasteiger partial charge in [0.25, 0.3) is 0 Å². The fraction of sp³-hybridized carbons (Fsp3) is 0.667. The average molecular weight is 340 g/mol. The smallest absolute Gasteiger partial charge is 0.218 e. The van der Waals surface area contributed by atoms with Gasteiger partial charge in [-0.1, -0.05) is 6.58 Å².